The smallest absolute Gasteiger partial charge is 0.415 e. The number of carbonyl (C=O) groups excluding carboxylic acids is 1. The number of nitro groups is 1. The Bertz CT molecular complexity index is 894. The van der Waals surface area contributed by atoms with Gasteiger partial charge >= 0.3 is 12.1 Å². The largest absolute Gasteiger partial charge is 0.481 e. The zero-order valence-electron chi connectivity index (χ0n) is 16.0. The number of amides is 1. The lowest BCUT2D eigenvalue weighted by atomic mass is 9.84. The molecule has 2 unspecified atom stereocenters. The molecule has 0 aliphatic carbocycles. The van der Waals surface area contributed by atoms with Gasteiger partial charge in [0.2, 0.25) is 0 Å². The topological polar surface area (TPSA) is 110 Å². The van der Waals surface area contributed by atoms with Crippen LogP contribution < -0.4 is 4.74 Å². The Labute approximate surface area is 167 Å². The van der Waals surface area contributed by atoms with Gasteiger partial charge in [-0.1, -0.05) is 31.2 Å². The van der Waals surface area contributed by atoms with E-state index in [2.05, 4.69) is 6.92 Å². The van der Waals surface area contributed by atoms with Gasteiger partial charge in [-0.15, -0.1) is 0 Å². The number of aryl methyl sites for hydroxylation is 1. The van der Waals surface area contributed by atoms with Crippen molar-refractivity contribution < 1.29 is 24.4 Å². The van der Waals surface area contributed by atoms with Gasteiger partial charge in [-0.25, -0.2) is 4.79 Å². The van der Waals surface area contributed by atoms with Crippen molar-refractivity contribution >= 4 is 17.7 Å². The van der Waals surface area contributed by atoms with Crippen molar-refractivity contribution in [2.45, 2.75) is 25.7 Å². The summed E-state index contributed by atoms with van der Waals surface area (Å²) in [6.07, 6.45) is 0.693. The molecule has 29 heavy (non-hydrogen) atoms. The van der Waals surface area contributed by atoms with Crippen LogP contribution in [0.4, 0.5) is 10.5 Å². The second kappa shape index (κ2) is 8.72. The third-order valence-corrected chi connectivity index (χ3v) is 5.17. The molecule has 1 aliphatic heterocycles. The molecule has 0 radical (unpaired) electrons. The Hall–Kier alpha value is -3.42. The summed E-state index contributed by atoms with van der Waals surface area (Å²) >= 11 is 0. The summed E-state index contributed by atoms with van der Waals surface area (Å²) in [7, 11) is 0. The number of rotatable bonds is 5. The molecule has 2 atom stereocenters. The number of nitro benzene ring substituents is 1. The summed E-state index contributed by atoms with van der Waals surface area (Å²) in [5.74, 6) is -1.58. The summed E-state index contributed by atoms with van der Waals surface area (Å²) in [5, 5.41) is 20.2. The first kappa shape index (κ1) is 20.3. The Morgan fingerprint density at radius 2 is 1.79 bits per heavy atom. The lowest BCUT2D eigenvalue weighted by Gasteiger charge is -2.35. The van der Waals surface area contributed by atoms with Crippen molar-refractivity contribution in [2.75, 3.05) is 13.1 Å². The minimum absolute atomic E-state index is 0.0602. The van der Waals surface area contributed by atoms with E-state index in [0.29, 0.717) is 13.0 Å². The van der Waals surface area contributed by atoms with Gasteiger partial charge in [0.15, 0.2) is 0 Å². The van der Waals surface area contributed by atoms with Crippen molar-refractivity contribution in [1.82, 2.24) is 4.90 Å². The van der Waals surface area contributed by atoms with Gasteiger partial charge in [-0.05, 0) is 36.1 Å². The molecule has 1 saturated heterocycles. The van der Waals surface area contributed by atoms with Gasteiger partial charge in [0.1, 0.15) is 5.75 Å². The average Bonchev–Trinajstić information content (AvgIpc) is 2.73. The minimum atomic E-state index is -0.951. The molecule has 0 spiro atoms. The van der Waals surface area contributed by atoms with Gasteiger partial charge < -0.3 is 14.7 Å². The van der Waals surface area contributed by atoms with Gasteiger partial charge in [0, 0.05) is 31.1 Å². The number of carboxylic acids is 1. The predicted octanol–water partition coefficient (Wildman–Crippen LogP) is 3.85. The van der Waals surface area contributed by atoms with Crippen LogP contribution in [0.15, 0.2) is 48.5 Å². The maximum absolute atomic E-state index is 12.6. The van der Waals surface area contributed by atoms with Crippen LogP contribution in [0.5, 0.6) is 5.75 Å². The molecular formula is C21H22N2O6. The Balaban J connectivity index is 1.74. The molecular weight excluding hydrogens is 376 g/mol. The molecule has 8 heteroatoms. The highest BCUT2D eigenvalue weighted by molar-refractivity contribution is 5.74. The molecule has 1 heterocycles. The first-order valence-corrected chi connectivity index (χ1v) is 9.40. The normalized spacial score (nSPS) is 18.9. The number of benzene rings is 2. The van der Waals surface area contributed by atoms with Gasteiger partial charge in [-0.3, -0.25) is 14.9 Å². The number of likely N-dealkylation sites (tertiary alicyclic amines) is 1. The molecule has 3 rings (SSSR count). The fourth-order valence-electron chi connectivity index (χ4n) is 3.50. The van der Waals surface area contributed by atoms with Crippen LogP contribution >= 0.6 is 0 Å². The van der Waals surface area contributed by atoms with Crippen LogP contribution in [-0.4, -0.2) is 40.1 Å². The van der Waals surface area contributed by atoms with E-state index in [0.717, 1.165) is 12.0 Å². The number of hydrogen-bond acceptors (Lipinski definition) is 5. The van der Waals surface area contributed by atoms with Gasteiger partial charge in [0.25, 0.3) is 5.69 Å². The standard InChI is InChI=1S/C21H22N2O6/c1-2-14-3-5-15(6-4-14)16-11-17(20(24)25)13-22(12-16)21(26)29-19-9-7-18(8-10-19)23(27)28/h3-10,16-17H,2,11-13H2,1H3,(H,24,25). The maximum Gasteiger partial charge on any atom is 0.415 e. The highest BCUT2D eigenvalue weighted by Crippen LogP contribution is 2.31. The van der Waals surface area contributed by atoms with E-state index >= 15 is 0 Å². The van der Waals surface area contributed by atoms with E-state index in [1.807, 2.05) is 24.3 Å². The van der Waals surface area contributed by atoms with Crippen LogP contribution in [0.1, 0.15) is 30.4 Å². The Morgan fingerprint density at radius 3 is 2.34 bits per heavy atom. The average molecular weight is 398 g/mol. The number of aliphatic carboxylic acids is 1. The quantitative estimate of drug-likeness (QED) is 0.605. The predicted molar refractivity (Wildman–Crippen MR) is 105 cm³/mol. The number of nitrogens with zero attached hydrogens (tertiary/aromatic N) is 2. The highest BCUT2D eigenvalue weighted by Gasteiger charge is 2.35. The first-order chi connectivity index (χ1) is 13.9. The molecule has 1 N–H and O–H groups in total. The fourth-order valence-corrected chi connectivity index (χ4v) is 3.50. The monoisotopic (exact) mass is 398 g/mol. The van der Waals surface area contributed by atoms with E-state index < -0.39 is 22.9 Å². The van der Waals surface area contributed by atoms with Crippen LogP contribution in [0, 0.1) is 16.0 Å². The molecule has 0 saturated carbocycles. The van der Waals surface area contributed by atoms with Crippen LogP contribution in [-0.2, 0) is 11.2 Å². The number of carbonyl (C=O) groups is 2. The molecule has 1 fully saturated rings. The van der Waals surface area contributed by atoms with E-state index in [-0.39, 0.29) is 23.9 Å². The minimum Gasteiger partial charge on any atom is -0.481 e. The summed E-state index contributed by atoms with van der Waals surface area (Å²) in [4.78, 5) is 35.8. The molecule has 2 aromatic rings. The lowest BCUT2D eigenvalue weighted by Crippen LogP contribution is -2.46. The number of non-ortho nitro benzene ring substituents is 1. The zero-order chi connectivity index (χ0) is 21.0. The molecule has 2 aromatic carbocycles. The fraction of sp³-hybridized carbons (Fsp3) is 0.333. The Kier molecular flexibility index (Phi) is 6.11. The van der Waals surface area contributed by atoms with E-state index in [1.165, 1.54) is 34.7 Å². The number of piperidine rings is 1. The number of hydrogen-bond donors (Lipinski definition) is 1. The molecule has 152 valence electrons. The summed E-state index contributed by atoms with van der Waals surface area (Å²) in [5.41, 5.74) is 2.07. The van der Waals surface area contributed by atoms with Crippen LogP contribution in [0.3, 0.4) is 0 Å². The van der Waals surface area contributed by atoms with Crippen LogP contribution in [0.2, 0.25) is 0 Å². The maximum atomic E-state index is 12.6. The van der Waals surface area contributed by atoms with Crippen LogP contribution in [0.25, 0.3) is 0 Å². The highest BCUT2D eigenvalue weighted by atomic mass is 16.6. The van der Waals surface area contributed by atoms with Crippen molar-refractivity contribution in [3.63, 3.8) is 0 Å². The van der Waals surface area contributed by atoms with Crippen molar-refractivity contribution in [1.29, 1.82) is 0 Å². The lowest BCUT2D eigenvalue weighted by molar-refractivity contribution is -0.384. The third-order valence-electron chi connectivity index (χ3n) is 5.17. The third kappa shape index (κ3) is 4.90. The van der Waals surface area contributed by atoms with Crippen molar-refractivity contribution in [2.24, 2.45) is 5.92 Å². The first-order valence-electron chi connectivity index (χ1n) is 9.40. The van der Waals surface area contributed by atoms with E-state index in [9.17, 15) is 24.8 Å². The number of carboxylic acid groups (broad SMARTS) is 1. The number of ether oxygens (including phenoxy) is 1. The van der Waals surface area contributed by atoms with E-state index in [4.69, 9.17) is 4.74 Å². The second-order valence-electron chi connectivity index (χ2n) is 7.09. The summed E-state index contributed by atoms with van der Waals surface area (Å²) in [6.45, 7) is 2.47. The molecule has 1 aliphatic rings. The second-order valence-corrected chi connectivity index (χ2v) is 7.09. The molecule has 0 bridgehead atoms. The SMILES string of the molecule is CCc1ccc(C2CC(C(=O)O)CN(C(=O)Oc3ccc([N+](=O)[O-])cc3)C2)cc1. The van der Waals surface area contributed by atoms with Crippen molar-refractivity contribution in [3.05, 3.63) is 69.8 Å². The van der Waals surface area contributed by atoms with Gasteiger partial charge in [0.05, 0.1) is 10.8 Å². The molecule has 1 amide bonds. The van der Waals surface area contributed by atoms with Gasteiger partial charge in [-0.2, -0.15) is 0 Å². The summed E-state index contributed by atoms with van der Waals surface area (Å²) in [6, 6.07) is 13.2. The Morgan fingerprint density at radius 1 is 1.14 bits per heavy atom. The molecule has 8 nitrogen and oxygen atoms in total. The molecule has 0 aromatic heterocycles. The van der Waals surface area contributed by atoms with Crippen molar-refractivity contribution in [3.8, 4) is 5.75 Å². The zero-order valence-corrected chi connectivity index (χ0v) is 16.0. The van der Waals surface area contributed by atoms with E-state index in [1.54, 1.807) is 0 Å². The summed E-state index contributed by atoms with van der Waals surface area (Å²) < 4.78 is 5.31.